The summed E-state index contributed by atoms with van der Waals surface area (Å²) in [7, 11) is 0. The molecule has 2 heteroatoms. The van der Waals surface area contributed by atoms with Gasteiger partial charge in [-0.1, -0.05) is 40.0 Å². The molecule has 3 atom stereocenters. The van der Waals surface area contributed by atoms with Crippen molar-refractivity contribution in [3.8, 4) is 0 Å². The quantitative estimate of drug-likeness (QED) is 0.780. The molecule has 1 N–H and O–H groups in total. The van der Waals surface area contributed by atoms with E-state index in [-0.39, 0.29) is 0 Å². The number of hydrogen-bond acceptors (Lipinski definition) is 2. The first-order chi connectivity index (χ1) is 8.59. The summed E-state index contributed by atoms with van der Waals surface area (Å²) in [6, 6.07) is 0.703. The lowest BCUT2D eigenvalue weighted by molar-refractivity contribution is 0.0342. The molecular weight excluding hydrogens is 220 g/mol. The second-order valence-electron chi connectivity index (χ2n) is 6.90. The molecule has 1 saturated heterocycles. The summed E-state index contributed by atoms with van der Waals surface area (Å²) >= 11 is 0. The van der Waals surface area contributed by atoms with Gasteiger partial charge in [-0.2, -0.15) is 0 Å². The van der Waals surface area contributed by atoms with E-state index in [0.717, 1.165) is 11.8 Å². The third-order valence-electron chi connectivity index (χ3n) is 5.52. The number of nitrogens with zero attached hydrogens (tertiary/aromatic N) is 1. The Hall–Kier alpha value is -0.0800. The molecule has 0 spiro atoms. The van der Waals surface area contributed by atoms with Gasteiger partial charge in [-0.15, -0.1) is 0 Å². The predicted molar refractivity (Wildman–Crippen MR) is 78.9 cm³/mol. The molecule has 0 amide bonds. The first-order valence-corrected chi connectivity index (χ1v) is 8.07. The van der Waals surface area contributed by atoms with Crippen LogP contribution in [0.2, 0.25) is 0 Å². The van der Waals surface area contributed by atoms with E-state index in [0.29, 0.717) is 11.6 Å². The van der Waals surface area contributed by atoms with Crippen LogP contribution in [0.5, 0.6) is 0 Å². The zero-order valence-corrected chi connectivity index (χ0v) is 12.8. The van der Waals surface area contributed by atoms with Crippen molar-refractivity contribution in [3.05, 3.63) is 0 Å². The van der Waals surface area contributed by atoms with E-state index in [1.165, 1.54) is 51.7 Å². The monoisotopic (exact) mass is 252 g/mol. The van der Waals surface area contributed by atoms with Gasteiger partial charge in [-0.25, -0.2) is 0 Å². The van der Waals surface area contributed by atoms with Crippen LogP contribution in [0.1, 0.15) is 59.8 Å². The first-order valence-electron chi connectivity index (χ1n) is 8.07. The van der Waals surface area contributed by atoms with Gasteiger partial charge >= 0.3 is 0 Å². The highest BCUT2D eigenvalue weighted by Gasteiger charge is 2.38. The zero-order valence-electron chi connectivity index (χ0n) is 12.8. The van der Waals surface area contributed by atoms with Gasteiger partial charge in [0.15, 0.2) is 0 Å². The first kappa shape index (κ1) is 14.3. The molecule has 0 radical (unpaired) electrons. The average Bonchev–Trinajstić information content (AvgIpc) is 3.21. The lowest BCUT2D eigenvalue weighted by Gasteiger charge is -2.49. The van der Waals surface area contributed by atoms with E-state index in [1.807, 2.05) is 0 Å². The van der Waals surface area contributed by atoms with Crippen molar-refractivity contribution in [2.75, 3.05) is 19.6 Å². The number of rotatable bonds is 6. The minimum absolute atomic E-state index is 0.388. The lowest BCUT2D eigenvalue weighted by atomic mass is 9.87. The van der Waals surface area contributed by atoms with Crippen molar-refractivity contribution >= 4 is 0 Å². The smallest absolute Gasteiger partial charge is 0.0303 e. The minimum Gasteiger partial charge on any atom is -0.311 e. The van der Waals surface area contributed by atoms with Crippen molar-refractivity contribution in [2.45, 2.75) is 71.4 Å². The van der Waals surface area contributed by atoms with Crippen LogP contribution < -0.4 is 5.32 Å². The second kappa shape index (κ2) is 5.92. The molecule has 2 nitrogen and oxygen atoms in total. The Morgan fingerprint density at radius 2 is 2.06 bits per heavy atom. The maximum absolute atomic E-state index is 3.80. The molecule has 106 valence electrons. The van der Waals surface area contributed by atoms with Crippen molar-refractivity contribution in [1.29, 1.82) is 0 Å². The molecule has 2 fully saturated rings. The molecule has 1 aliphatic heterocycles. The summed E-state index contributed by atoms with van der Waals surface area (Å²) in [6.07, 6.45) is 6.96. The molecular formula is C16H32N2. The Labute approximate surface area is 114 Å². The highest BCUT2D eigenvalue weighted by Crippen LogP contribution is 2.34. The summed E-state index contributed by atoms with van der Waals surface area (Å²) in [4.78, 5) is 2.79. The molecule has 18 heavy (non-hydrogen) atoms. The van der Waals surface area contributed by atoms with E-state index < -0.39 is 0 Å². The molecule has 0 bridgehead atoms. The van der Waals surface area contributed by atoms with Gasteiger partial charge in [-0.3, -0.25) is 4.90 Å². The molecule has 0 aromatic heterocycles. The fourth-order valence-electron chi connectivity index (χ4n) is 3.11. The molecule has 2 rings (SSSR count). The summed E-state index contributed by atoms with van der Waals surface area (Å²) in [5.74, 6) is 1.86. The van der Waals surface area contributed by atoms with E-state index in [1.54, 1.807) is 0 Å². The van der Waals surface area contributed by atoms with Gasteiger partial charge in [-0.05, 0) is 38.1 Å². The van der Waals surface area contributed by atoms with Gasteiger partial charge in [0.05, 0.1) is 0 Å². The SMILES string of the molecule is CCC(C)C1CN(CCC2CC2)C(C)(CC)CN1. The summed E-state index contributed by atoms with van der Waals surface area (Å²) in [5, 5.41) is 3.80. The van der Waals surface area contributed by atoms with Crippen LogP contribution >= 0.6 is 0 Å². The van der Waals surface area contributed by atoms with Crippen LogP contribution in [0.25, 0.3) is 0 Å². The number of piperazine rings is 1. The summed E-state index contributed by atoms with van der Waals surface area (Å²) < 4.78 is 0. The van der Waals surface area contributed by atoms with Gasteiger partial charge in [0, 0.05) is 24.7 Å². The van der Waals surface area contributed by atoms with Gasteiger partial charge < -0.3 is 5.32 Å². The summed E-state index contributed by atoms with van der Waals surface area (Å²) in [5.41, 5.74) is 0.388. The number of hydrogen-bond donors (Lipinski definition) is 1. The van der Waals surface area contributed by atoms with Crippen LogP contribution in [-0.2, 0) is 0 Å². The molecule has 1 heterocycles. The van der Waals surface area contributed by atoms with E-state index >= 15 is 0 Å². The van der Waals surface area contributed by atoms with Gasteiger partial charge in [0.2, 0.25) is 0 Å². The van der Waals surface area contributed by atoms with E-state index in [4.69, 9.17) is 0 Å². The zero-order chi connectivity index (χ0) is 13.2. The number of nitrogens with one attached hydrogen (secondary N) is 1. The third-order valence-corrected chi connectivity index (χ3v) is 5.52. The van der Waals surface area contributed by atoms with Crippen LogP contribution in [-0.4, -0.2) is 36.1 Å². The van der Waals surface area contributed by atoms with Crippen LogP contribution in [0, 0.1) is 11.8 Å². The van der Waals surface area contributed by atoms with Crippen molar-refractivity contribution < 1.29 is 0 Å². The molecule has 1 aliphatic carbocycles. The maximum Gasteiger partial charge on any atom is 0.0303 e. The van der Waals surface area contributed by atoms with E-state index in [2.05, 4.69) is 37.9 Å². The molecule has 3 unspecified atom stereocenters. The van der Waals surface area contributed by atoms with Crippen molar-refractivity contribution in [3.63, 3.8) is 0 Å². The average molecular weight is 252 g/mol. The Balaban J connectivity index is 1.93. The van der Waals surface area contributed by atoms with E-state index in [9.17, 15) is 0 Å². The molecule has 0 aromatic carbocycles. The van der Waals surface area contributed by atoms with Crippen molar-refractivity contribution in [2.24, 2.45) is 11.8 Å². The predicted octanol–water partition coefficient (Wildman–Crippen LogP) is 3.28. The lowest BCUT2D eigenvalue weighted by Crippen LogP contribution is -2.64. The Morgan fingerprint density at radius 3 is 2.61 bits per heavy atom. The van der Waals surface area contributed by atoms with Crippen LogP contribution in [0.15, 0.2) is 0 Å². The minimum atomic E-state index is 0.388. The van der Waals surface area contributed by atoms with Gasteiger partial charge in [0.25, 0.3) is 0 Å². The van der Waals surface area contributed by atoms with Crippen LogP contribution in [0.4, 0.5) is 0 Å². The highest BCUT2D eigenvalue weighted by molar-refractivity contribution is 4.96. The topological polar surface area (TPSA) is 15.3 Å². The maximum atomic E-state index is 3.80. The molecule has 0 aromatic rings. The third kappa shape index (κ3) is 3.27. The van der Waals surface area contributed by atoms with Crippen LogP contribution in [0.3, 0.4) is 0 Å². The fraction of sp³-hybridized carbons (Fsp3) is 1.00. The largest absolute Gasteiger partial charge is 0.311 e. The Morgan fingerprint density at radius 1 is 1.33 bits per heavy atom. The standard InChI is InChI=1S/C16H32N2/c1-5-13(3)15-11-18(10-9-14-7-8-14)16(4,6-2)12-17-15/h13-15,17H,5-12H2,1-4H3. The molecule has 2 aliphatic rings. The second-order valence-corrected chi connectivity index (χ2v) is 6.90. The molecule has 1 saturated carbocycles. The van der Waals surface area contributed by atoms with Gasteiger partial charge in [0.1, 0.15) is 0 Å². The summed E-state index contributed by atoms with van der Waals surface area (Å²) in [6.45, 7) is 13.2. The normalized spacial score (nSPS) is 35.7. The Kier molecular flexibility index (Phi) is 4.71. The Bertz CT molecular complexity index is 262. The fourth-order valence-corrected chi connectivity index (χ4v) is 3.11. The highest BCUT2D eigenvalue weighted by atomic mass is 15.3. The van der Waals surface area contributed by atoms with Crippen molar-refractivity contribution in [1.82, 2.24) is 10.2 Å².